The van der Waals surface area contributed by atoms with E-state index in [2.05, 4.69) is 4.72 Å². The second kappa shape index (κ2) is 8.46. The first kappa shape index (κ1) is 20.4. The van der Waals surface area contributed by atoms with Crippen molar-refractivity contribution in [2.75, 3.05) is 13.2 Å². The standard InChI is InChI=1S/C15H20ClNO6S/c1-15(2,3)23-14(19)10-22-13(18)7-8-17-24(20,21)12-6-4-5-11(16)9-12/h4-6,9,17H,7-8,10H2,1-3H3. The van der Waals surface area contributed by atoms with Crippen LogP contribution in [0.25, 0.3) is 0 Å². The van der Waals surface area contributed by atoms with Crippen LogP contribution in [-0.2, 0) is 29.1 Å². The van der Waals surface area contributed by atoms with Crippen LogP contribution < -0.4 is 4.72 Å². The zero-order chi connectivity index (χ0) is 18.4. The number of hydrogen-bond acceptors (Lipinski definition) is 6. The van der Waals surface area contributed by atoms with Crippen molar-refractivity contribution in [3.8, 4) is 0 Å². The van der Waals surface area contributed by atoms with E-state index in [0.717, 1.165) is 0 Å². The molecule has 0 aromatic heterocycles. The molecule has 0 spiro atoms. The van der Waals surface area contributed by atoms with E-state index in [1.54, 1.807) is 26.8 Å². The first-order valence-electron chi connectivity index (χ1n) is 7.12. The highest BCUT2D eigenvalue weighted by molar-refractivity contribution is 7.89. The number of esters is 2. The van der Waals surface area contributed by atoms with Crippen molar-refractivity contribution < 1.29 is 27.5 Å². The van der Waals surface area contributed by atoms with E-state index in [0.29, 0.717) is 0 Å². The molecule has 0 heterocycles. The molecule has 0 fully saturated rings. The molecule has 0 bridgehead atoms. The molecule has 0 atom stereocenters. The number of benzene rings is 1. The quantitative estimate of drug-likeness (QED) is 0.728. The Hall–Kier alpha value is -1.64. The average Bonchev–Trinajstić information content (AvgIpc) is 2.43. The summed E-state index contributed by atoms with van der Waals surface area (Å²) in [6.07, 6.45) is -0.220. The molecule has 0 aliphatic rings. The maximum atomic E-state index is 12.0. The highest BCUT2D eigenvalue weighted by Gasteiger charge is 2.18. The molecule has 0 saturated carbocycles. The van der Waals surface area contributed by atoms with E-state index >= 15 is 0 Å². The predicted octanol–water partition coefficient (Wildman–Crippen LogP) is 1.89. The molecule has 0 saturated heterocycles. The maximum absolute atomic E-state index is 12.0. The Morgan fingerprint density at radius 1 is 1.21 bits per heavy atom. The summed E-state index contributed by atoms with van der Waals surface area (Å²) >= 11 is 5.74. The predicted molar refractivity (Wildman–Crippen MR) is 88.1 cm³/mol. The zero-order valence-electron chi connectivity index (χ0n) is 13.7. The topological polar surface area (TPSA) is 98.8 Å². The average molecular weight is 378 g/mol. The molecule has 1 aromatic carbocycles. The molecule has 9 heteroatoms. The molecule has 0 amide bonds. The molecule has 0 radical (unpaired) electrons. The van der Waals surface area contributed by atoms with Gasteiger partial charge in [0.2, 0.25) is 10.0 Å². The minimum atomic E-state index is -3.77. The largest absolute Gasteiger partial charge is 0.457 e. The van der Waals surface area contributed by atoms with Crippen LogP contribution in [0.3, 0.4) is 0 Å². The highest BCUT2D eigenvalue weighted by atomic mass is 35.5. The Bertz CT molecular complexity index is 696. The van der Waals surface area contributed by atoms with Crippen molar-refractivity contribution in [1.82, 2.24) is 4.72 Å². The van der Waals surface area contributed by atoms with E-state index < -0.39 is 34.2 Å². The minimum absolute atomic E-state index is 0.00266. The number of halogens is 1. The SMILES string of the molecule is CC(C)(C)OC(=O)COC(=O)CCNS(=O)(=O)c1cccc(Cl)c1. The van der Waals surface area contributed by atoms with Crippen molar-refractivity contribution >= 4 is 33.6 Å². The summed E-state index contributed by atoms with van der Waals surface area (Å²) in [5.74, 6) is -1.38. The van der Waals surface area contributed by atoms with Crippen LogP contribution in [0.1, 0.15) is 27.2 Å². The lowest BCUT2D eigenvalue weighted by Gasteiger charge is -2.19. The van der Waals surface area contributed by atoms with E-state index in [9.17, 15) is 18.0 Å². The molecule has 134 valence electrons. The smallest absolute Gasteiger partial charge is 0.344 e. The van der Waals surface area contributed by atoms with Gasteiger partial charge in [-0.1, -0.05) is 17.7 Å². The van der Waals surface area contributed by atoms with Crippen molar-refractivity contribution in [3.63, 3.8) is 0 Å². The summed E-state index contributed by atoms with van der Waals surface area (Å²) in [5.41, 5.74) is -0.671. The van der Waals surface area contributed by atoms with Crippen LogP contribution in [-0.4, -0.2) is 39.1 Å². The summed E-state index contributed by atoms with van der Waals surface area (Å²) < 4.78 is 35.9. The molecule has 0 unspecified atom stereocenters. The summed E-state index contributed by atoms with van der Waals surface area (Å²) in [5, 5.41) is 0.287. The molecular weight excluding hydrogens is 358 g/mol. The monoisotopic (exact) mass is 377 g/mol. The molecule has 1 N–H and O–H groups in total. The van der Waals surface area contributed by atoms with Crippen LogP contribution in [0.4, 0.5) is 0 Å². The van der Waals surface area contributed by atoms with Gasteiger partial charge in [-0.3, -0.25) is 4.79 Å². The minimum Gasteiger partial charge on any atom is -0.457 e. The number of nitrogens with one attached hydrogen (secondary N) is 1. The summed E-state index contributed by atoms with van der Waals surface area (Å²) in [4.78, 5) is 22.9. The molecule has 7 nitrogen and oxygen atoms in total. The van der Waals surface area contributed by atoms with Gasteiger partial charge in [0.1, 0.15) is 5.60 Å². The fourth-order valence-corrected chi connectivity index (χ4v) is 2.92. The van der Waals surface area contributed by atoms with Gasteiger partial charge in [0.25, 0.3) is 0 Å². The zero-order valence-corrected chi connectivity index (χ0v) is 15.2. The number of sulfonamides is 1. The van der Waals surface area contributed by atoms with Crippen LogP contribution in [0.15, 0.2) is 29.2 Å². The Morgan fingerprint density at radius 3 is 2.46 bits per heavy atom. The normalized spacial score (nSPS) is 11.8. The molecule has 1 aromatic rings. The lowest BCUT2D eigenvalue weighted by Crippen LogP contribution is -2.29. The summed E-state index contributed by atoms with van der Waals surface area (Å²) in [7, 11) is -3.77. The number of carbonyl (C=O) groups is 2. The number of hydrogen-bond donors (Lipinski definition) is 1. The van der Waals surface area contributed by atoms with Crippen LogP contribution in [0, 0.1) is 0 Å². The molecular formula is C15H20ClNO6S. The van der Waals surface area contributed by atoms with Crippen molar-refractivity contribution in [3.05, 3.63) is 29.3 Å². The van der Waals surface area contributed by atoms with E-state index in [-0.39, 0.29) is 22.9 Å². The second-order valence-electron chi connectivity index (χ2n) is 5.85. The Balaban J connectivity index is 2.39. The van der Waals surface area contributed by atoms with Gasteiger partial charge < -0.3 is 9.47 Å². The van der Waals surface area contributed by atoms with Crippen LogP contribution in [0.2, 0.25) is 5.02 Å². The Labute approximate surface area is 146 Å². The van der Waals surface area contributed by atoms with Gasteiger partial charge in [0, 0.05) is 11.6 Å². The number of carbonyl (C=O) groups excluding carboxylic acids is 2. The third-order valence-corrected chi connectivity index (χ3v) is 4.19. The van der Waals surface area contributed by atoms with Gasteiger partial charge in [-0.2, -0.15) is 0 Å². The second-order valence-corrected chi connectivity index (χ2v) is 8.06. The van der Waals surface area contributed by atoms with Gasteiger partial charge in [0.05, 0.1) is 11.3 Å². The van der Waals surface area contributed by atoms with Crippen LogP contribution in [0.5, 0.6) is 0 Å². The fourth-order valence-electron chi connectivity index (χ4n) is 1.59. The van der Waals surface area contributed by atoms with Gasteiger partial charge in [-0.15, -0.1) is 0 Å². The van der Waals surface area contributed by atoms with E-state index in [1.165, 1.54) is 18.2 Å². The number of rotatable bonds is 7. The van der Waals surface area contributed by atoms with Gasteiger partial charge in [0.15, 0.2) is 6.61 Å². The third kappa shape index (κ3) is 7.76. The number of ether oxygens (including phenoxy) is 2. The fraction of sp³-hybridized carbons (Fsp3) is 0.467. The van der Waals surface area contributed by atoms with Gasteiger partial charge in [-0.05, 0) is 39.0 Å². The molecule has 1 rings (SSSR count). The third-order valence-electron chi connectivity index (χ3n) is 2.50. The highest BCUT2D eigenvalue weighted by Crippen LogP contribution is 2.15. The lowest BCUT2D eigenvalue weighted by atomic mass is 10.2. The molecule has 24 heavy (non-hydrogen) atoms. The van der Waals surface area contributed by atoms with Gasteiger partial charge >= 0.3 is 11.9 Å². The first-order chi connectivity index (χ1) is 11.0. The summed E-state index contributed by atoms with van der Waals surface area (Å²) in [6, 6.07) is 5.74. The van der Waals surface area contributed by atoms with Gasteiger partial charge in [-0.25, -0.2) is 17.9 Å². The van der Waals surface area contributed by atoms with Crippen molar-refractivity contribution in [2.45, 2.75) is 37.7 Å². The maximum Gasteiger partial charge on any atom is 0.344 e. The lowest BCUT2D eigenvalue weighted by molar-refractivity contribution is -0.166. The molecule has 0 aliphatic heterocycles. The first-order valence-corrected chi connectivity index (χ1v) is 8.98. The van der Waals surface area contributed by atoms with Crippen LogP contribution >= 0.6 is 11.6 Å². The Morgan fingerprint density at radius 2 is 1.88 bits per heavy atom. The van der Waals surface area contributed by atoms with Crippen molar-refractivity contribution in [1.29, 1.82) is 0 Å². The Kier molecular flexibility index (Phi) is 7.19. The van der Waals surface area contributed by atoms with E-state index in [4.69, 9.17) is 21.1 Å². The summed E-state index contributed by atoms with van der Waals surface area (Å²) in [6.45, 7) is 4.39. The van der Waals surface area contributed by atoms with Crippen molar-refractivity contribution in [2.24, 2.45) is 0 Å². The molecule has 0 aliphatic carbocycles. The van der Waals surface area contributed by atoms with E-state index in [1.807, 2.05) is 0 Å².